The monoisotopic (exact) mass is 284 g/mol. The van der Waals surface area contributed by atoms with Gasteiger partial charge in [-0.3, -0.25) is 4.79 Å². The van der Waals surface area contributed by atoms with Crippen LogP contribution in [0.2, 0.25) is 0 Å². The van der Waals surface area contributed by atoms with Crippen molar-refractivity contribution < 1.29 is 9.53 Å². The molecule has 106 valence electrons. The molecule has 1 unspecified atom stereocenters. The fraction of sp³-hybridized carbons (Fsp3) is 0.500. The molecule has 0 bridgehead atoms. The molecule has 1 fully saturated rings. The van der Waals surface area contributed by atoms with E-state index in [9.17, 15) is 4.79 Å². The normalized spacial score (nSPS) is 18.0. The molecule has 1 aromatic carbocycles. The second kappa shape index (κ2) is 7.36. The molecule has 19 heavy (non-hydrogen) atoms. The molecule has 0 aliphatic carbocycles. The number of amides is 1. The fourth-order valence-electron chi connectivity index (χ4n) is 2.60. The van der Waals surface area contributed by atoms with Gasteiger partial charge in [-0.15, -0.1) is 12.4 Å². The molecule has 0 radical (unpaired) electrons. The lowest BCUT2D eigenvalue weighted by Gasteiger charge is -2.26. The van der Waals surface area contributed by atoms with Crippen LogP contribution in [0.3, 0.4) is 0 Å². The van der Waals surface area contributed by atoms with Gasteiger partial charge < -0.3 is 15.4 Å². The van der Waals surface area contributed by atoms with Gasteiger partial charge in [0.2, 0.25) is 5.91 Å². The van der Waals surface area contributed by atoms with Crippen LogP contribution in [-0.2, 0) is 4.79 Å². The molecule has 2 rings (SSSR count). The van der Waals surface area contributed by atoms with Gasteiger partial charge >= 0.3 is 0 Å². The summed E-state index contributed by atoms with van der Waals surface area (Å²) in [6, 6.07) is 8.06. The summed E-state index contributed by atoms with van der Waals surface area (Å²) < 4.78 is 5.38. The predicted octanol–water partition coefficient (Wildman–Crippen LogP) is 2.13. The number of hydrogen-bond donors (Lipinski definition) is 1. The number of halogens is 1. The van der Waals surface area contributed by atoms with Gasteiger partial charge in [0, 0.05) is 25.1 Å². The molecule has 0 saturated carbocycles. The van der Waals surface area contributed by atoms with Gasteiger partial charge in [-0.1, -0.05) is 18.2 Å². The van der Waals surface area contributed by atoms with Crippen LogP contribution in [0.4, 0.5) is 0 Å². The molecule has 1 atom stereocenters. The highest BCUT2D eigenvalue weighted by Crippen LogP contribution is 2.36. The highest BCUT2D eigenvalue weighted by atomic mass is 35.5. The van der Waals surface area contributed by atoms with Crippen LogP contribution in [0.15, 0.2) is 24.3 Å². The van der Waals surface area contributed by atoms with Crippen molar-refractivity contribution in [3.63, 3.8) is 0 Å². The Bertz CT molecular complexity index is 426. The zero-order chi connectivity index (χ0) is 13.0. The molecule has 1 aliphatic rings. The van der Waals surface area contributed by atoms with E-state index in [-0.39, 0.29) is 24.4 Å². The summed E-state index contributed by atoms with van der Waals surface area (Å²) in [5.41, 5.74) is 6.56. The van der Waals surface area contributed by atoms with Crippen LogP contribution in [0.5, 0.6) is 5.75 Å². The smallest absolute Gasteiger partial charge is 0.224 e. The lowest BCUT2D eigenvalue weighted by molar-refractivity contribution is -0.131. The molecule has 2 N–H and O–H groups in total. The van der Waals surface area contributed by atoms with Crippen molar-refractivity contribution in [2.24, 2.45) is 5.73 Å². The fourth-order valence-corrected chi connectivity index (χ4v) is 2.60. The molecule has 1 amide bonds. The highest BCUT2D eigenvalue weighted by Gasteiger charge is 2.30. The number of rotatable bonds is 4. The Hall–Kier alpha value is -1.26. The standard InChI is InChI=1S/C14H20N2O2.ClH/c1-18-13-7-3-2-5-11(13)12-6-4-10-16(12)14(17)8-9-15;/h2-3,5,7,12H,4,6,8-10,15H2,1H3;1H. The second-order valence-corrected chi connectivity index (χ2v) is 4.53. The van der Waals surface area contributed by atoms with Crippen molar-refractivity contribution >= 4 is 18.3 Å². The Balaban J connectivity index is 0.00000180. The molecule has 5 heteroatoms. The van der Waals surface area contributed by atoms with Crippen LogP contribution < -0.4 is 10.5 Å². The van der Waals surface area contributed by atoms with Gasteiger partial charge in [0.05, 0.1) is 13.2 Å². The van der Waals surface area contributed by atoms with E-state index in [0.29, 0.717) is 13.0 Å². The van der Waals surface area contributed by atoms with Crippen LogP contribution in [0.25, 0.3) is 0 Å². The first kappa shape index (κ1) is 15.8. The van der Waals surface area contributed by atoms with Crippen molar-refractivity contribution in [2.45, 2.75) is 25.3 Å². The third-order valence-corrected chi connectivity index (χ3v) is 3.43. The first-order valence-corrected chi connectivity index (χ1v) is 6.40. The van der Waals surface area contributed by atoms with Gasteiger partial charge in [-0.05, 0) is 18.9 Å². The third-order valence-electron chi connectivity index (χ3n) is 3.43. The Labute approximate surface area is 120 Å². The summed E-state index contributed by atoms with van der Waals surface area (Å²) in [4.78, 5) is 14.0. The summed E-state index contributed by atoms with van der Waals surface area (Å²) in [7, 11) is 1.67. The van der Waals surface area contributed by atoms with Crippen LogP contribution in [0, 0.1) is 0 Å². The minimum atomic E-state index is 0. The topological polar surface area (TPSA) is 55.6 Å². The summed E-state index contributed by atoms with van der Waals surface area (Å²) in [5.74, 6) is 1.00. The highest BCUT2D eigenvalue weighted by molar-refractivity contribution is 5.85. The number of likely N-dealkylation sites (tertiary alicyclic amines) is 1. The Kier molecular flexibility index (Phi) is 6.12. The molecule has 0 aromatic heterocycles. The number of nitrogens with two attached hydrogens (primary N) is 1. The van der Waals surface area contributed by atoms with Gasteiger partial charge in [-0.25, -0.2) is 0 Å². The molecule has 1 aromatic rings. The number of hydrogen-bond acceptors (Lipinski definition) is 3. The largest absolute Gasteiger partial charge is 0.496 e. The van der Waals surface area contributed by atoms with Gasteiger partial charge in [-0.2, -0.15) is 0 Å². The average Bonchev–Trinajstić information content (AvgIpc) is 2.88. The minimum absolute atomic E-state index is 0. The van der Waals surface area contributed by atoms with E-state index in [4.69, 9.17) is 10.5 Å². The van der Waals surface area contributed by atoms with Gasteiger partial charge in [0.25, 0.3) is 0 Å². The van der Waals surface area contributed by atoms with Crippen LogP contribution >= 0.6 is 12.4 Å². The predicted molar refractivity (Wildman–Crippen MR) is 77.6 cm³/mol. The number of carbonyl (C=O) groups excluding carboxylic acids is 1. The maximum absolute atomic E-state index is 12.0. The SMILES string of the molecule is COc1ccccc1C1CCCN1C(=O)CCN.Cl. The number of methoxy groups -OCH3 is 1. The minimum Gasteiger partial charge on any atom is -0.496 e. The number of para-hydroxylation sites is 1. The van der Waals surface area contributed by atoms with Gasteiger partial charge in [0.15, 0.2) is 0 Å². The van der Waals surface area contributed by atoms with Crippen molar-refractivity contribution in [3.05, 3.63) is 29.8 Å². The maximum atomic E-state index is 12.0. The van der Waals surface area contributed by atoms with Crippen LogP contribution in [0.1, 0.15) is 30.9 Å². The van der Waals surface area contributed by atoms with E-state index in [2.05, 4.69) is 0 Å². The molecule has 4 nitrogen and oxygen atoms in total. The zero-order valence-corrected chi connectivity index (χ0v) is 12.0. The average molecular weight is 285 g/mol. The molecule has 1 aliphatic heterocycles. The van der Waals surface area contributed by atoms with E-state index < -0.39 is 0 Å². The third kappa shape index (κ3) is 3.39. The van der Waals surface area contributed by atoms with E-state index >= 15 is 0 Å². The number of nitrogens with zero attached hydrogens (tertiary/aromatic N) is 1. The Morgan fingerprint density at radius 3 is 2.89 bits per heavy atom. The first-order chi connectivity index (χ1) is 8.77. The number of carbonyl (C=O) groups is 1. The second-order valence-electron chi connectivity index (χ2n) is 4.53. The summed E-state index contributed by atoms with van der Waals surface area (Å²) in [6.45, 7) is 1.23. The first-order valence-electron chi connectivity index (χ1n) is 6.40. The molecule has 1 heterocycles. The summed E-state index contributed by atoms with van der Waals surface area (Å²) in [5, 5.41) is 0. The van der Waals surface area contributed by atoms with Crippen molar-refractivity contribution in [1.29, 1.82) is 0 Å². The van der Waals surface area contributed by atoms with E-state index in [1.807, 2.05) is 29.2 Å². The quantitative estimate of drug-likeness (QED) is 0.921. The van der Waals surface area contributed by atoms with Crippen molar-refractivity contribution in [3.8, 4) is 5.75 Å². The van der Waals surface area contributed by atoms with Crippen molar-refractivity contribution in [2.75, 3.05) is 20.2 Å². The molecular weight excluding hydrogens is 264 g/mol. The van der Waals surface area contributed by atoms with E-state index in [0.717, 1.165) is 30.7 Å². The Morgan fingerprint density at radius 1 is 1.47 bits per heavy atom. The van der Waals surface area contributed by atoms with Gasteiger partial charge in [0.1, 0.15) is 5.75 Å². The molecule has 0 spiro atoms. The lowest BCUT2D eigenvalue weighted by atomic mass is 10.0. The number of ether oxygens (including phenoxy) is 1. The number of benzene rings is 1. The Morgan fingerprint density at radius 2 is 2.21 bits per heavy atom. The zero-order valence-electron chi connectivity index (χ0n) is 11.2. The summed E-state index contributed by atoms with van der Waals surface area (Å²) >= 11 is 0. The van der Waals surface area contributed by atoms with E-state index in [1.165, 1.54) is 0 Å². The molecule has 1 saturated heterocycles. The summed E-state index contributed by atoms with van der Waals surface area (Å²) in [6.07, 6.45) is 2.46. The maximum Gasteiger partial charge on any atom is 0.224 e. The van der Waals surface area contributed by atoms with Crippen molar-refractivity contribution in [1.82, 2.24) is 4.90 Å². The van der Waals surface area contributed by atoms with E-state index in [1.54, 1.807) is 7.11 Å². The van der Waals surface area contributed by atoms with Crippen LogP contribution in [-0.4, -0.2) is 31.0 Å². The molecular formula is C14H21ClN2O2. The lowest BCUT2D eigenvalue weighted by Crippen LogP contribution is -2.32.